The lowest BCUT2D eigenvalue weighted by Crippen LogP contribution is -2.81. The molecule has 4 aromatic carbocycles. The maximum atomic E-state index is 15.4. The van der Waals surface area contributed by atoms with E-state index in [0.717, 1.165) is 0 Å². The van der Waals surface area contributed by atoms with Crippen LogP contribution in [0.1, 0.15) is 0 Å². The van der Waals surface area contributed by atoms with Crippen molar-refractivity contribution in [2.75, 3.05) is 6.86 Å². The first-order valence-electron chi connectivity index (χ1n) is 13.4. The summed E-state index contributed by atoms with van der Waals surface area (Å²) in [6, 6.07) is 0. The number of alkyl halides is 1. The van der Waals surface area contributed by atoms with E-state index in [1.54, 1.807) is 0 Å². The van der Waals surface area contributed by atoms with Crippen molar-refractivity contribution in [3.8, 4) is 0 Å². The summed E-state index contributed by atoms with van der Waals surface area (Å²) in [6.07, 6.45) is -1.17. The second kappa shape index (κ2) is 15.0. The van der Waals surface area contributed by atoms with Gasteiger partial charge in [-0.25, -0.2) is 92.6 Å². The minimum atomic E-state index is -7.22. The first-order chi connectivity index (χ1) is 25.1. The van der Waals surface area contributed by atoms with Crippen molar-refractivity contribution in [3.63, 3.8) is 0 Å². The lowest BCUT2D eigenvalue weighted by molar-refractivity contribution is -0.895. The molecule has 0 fully saturated rings. The van der Waals surface area contributed by atoms with E-state index in [2.05, 4.69) is 9.82 Å². The standard InChI is InChI=1S/C24BF20.C5H6FN2O/c26-5-1(6(27)14(35)21(42)13(5)34)25(2-7(28)15(36)22(43)16(37)8(2)29,3-9(30)17(38)23(44)18(39)10(3)31)4-11(32)19(40)24(45)20(41)12(4)33;6-5-9-8-3-1-7-2-4-8/h;1-4H,5H2/q-1;+1. The molecule has 288 valence electrons. The topological polar surface area (TPSA) is 26.0 Å². The summed E-state index contributed by atoms with van der Waals surface area (Å²) < 4.78 is 307. The smallest absolute Gasteiger partial charge is 0.252 e. The van der Waals surface area contributed by atoms with E-state index < -0.39 is 151 Å². The van der Waals surface area contributed by atoms with E-state index in [9.17, 15) is 57.1 Å². The van der Waals surface area contributed by atoms with E-state index in [-0.39, 0.29) is 0 Å². The van der Waals surface area contributed by atoms with Crippen LogP contribution in [-0.4, -0.2) is 18.0 Å². The zero-order chi connectivity index (χ0) is 40.9. The normalized spacial score (nSPS) is 11.5. The Bertz CT molecular complexity index is 1930. The first kappa shape index (κ1) is 41.1. The number of halogens is 21. The van der Waals surface area contributed by atoms with E-state index in [1.165, 1.54) is 29.5 Å². The number of nitrogens with zero attached hydrogens (tertiary/aromatic N) is 2. The third-order valence-electron chi connectivity index (χ3n) is 7.50. The Morgan fingerprint density at radius 1 is 0.352 bits per heavy atom. The molecule has 3 nitrogen and oxygen atoms in total. The molecule has 0 amide bonds. The van der Waals surface area contributed by atoms with Gasteiger partial charge in [-0.1, -0.05) is 0 Å². The quantitative estimate of drug-likeness (QED) is 0.0739. The summed E-state index contributed by atoms with van der Waals surface area (Å²) >= 11 is 0. The molecule has 0 aliphatic rings. The molecule has 1 heterocycles. The van der Waals surface area contributed by atoms with Gasteiger partial charge < -0.3 is 0 Å². The number of hydrogen-bond donors (Lipinski definition) is 0. The van der Waals surface area contributed by atoms with Crippen LogP contribution in [-0.2, 0) is 0 Å². The molecule has 0 bridgehead atoms. The van der Waals surface area contributed by atoms with Gasteiger partial charge in [0.15, 0.2) is 69.8 Å². The predicted molar refractivity (Wildman–Crippen MR) is 136 cm³/mol. The first-order valence-corrected chi connectivity index (χ1v) is 13.4. The van der Waals surface area contributed by atoms with E-state index >= 15 is 35.1 Å². The zero-order valence-electron chi connectivity index (χ0n) is 24.8. The van der Waals surface area contributed by atoms with Crippen molar-refractivity contribution >= 4 is 28.0 Å². The third-order valence-corrected chi connectivity index (χ3v) is 7.50. The predicted octanol–water partition coefficient (Wildman–Crippen LogP) is 5.57. The lowest BCUT2D eigenvalue weighted by atomic mass is 9.12. The number of rotatable bonds is 6. The Kier molecular flexibility index (Phi) is 11.4. The zero-order valence-corrected chi connectivity index (χ0v) is 24.8. The lowest BCUT2D eigenvalue weighted by Gasteiger charge is -2.44. The van der Waals surface area contributed by atoms with Crippen LogP contribution in [0.3, 0.4) is 0 Å². The van der Waals surface area contributed by atoms with Gasteiger partial charge in [-0.3, -0.25) is 4.98 Å². The second-order valence-electron chi connectivity index (χ2n) is 10.1. The van der Waals surface area contributed by atoms with Crippen LogP contribution >= 0.6 is 0 Å². The summed E-state index contributed by atoms with van der Waals surface area (Å²) in [6.45, 7) is -0.825. The molecule has 0 saturated heterocycles. The SMILES string of the molecule is FCO[n+]1ccncc1.Fc1c(F)c(F)c([B-](c2c(F)c(F)c(F)c(F)c2F)(c2c(F)c(F)c(F)c(F)c2F)c2c(F)c(F)c(F)c(F)c2F)c(F)c1F. The van der Waals surface area contributed by atoms with Gasteiger partial charge in [-0.15, -0.1) is 21.9 Å². The fourth-order valence-corrected chi connectivity index (χ4v) is 5.32. The van der Waals surface area contributed by atoms with Gasteiger partial charge in [0.25, 0.3) is 6.86 Å². The monoisotopic (exact) mass is 808 g/mol. The summed E-state index contributed by atoms with van der Waals surface area (Å²) in [7, 11) is 0. The van der Waals surface area contributed by atoms with Crippen molar-refractivity contribution in [1.82, 2.24) is 4.98 Å². The molecule has 5 aromatic rings. The Morgan fingerprint density at radius 3 is 0.722 bits per heavy atom. The summed E-state index contributed by atoms with van der Waals surface area (Å²) in [5.41, 5.74) is -14.3. The molecule has 0 atom stereocenters. The van der Waals surface area contributed by atoms with Crippen LogP contribution in [0.15, 0.2) is 24.8 Å². The molecule has 0 N–H and O–H groups in total. The summed E-state index contributed by atoms with van der Waals surface area (Å²) in [5.74, 6) is -71.4. The molecule has 0 radical (unpaired) electrons. The van der Waals surface area contributed by atoms with Gasteiger partial charge in [-0.2, -0.15) is 4.39 Å². The fraction of sp³-hybridized carbons (Fsp3) is 0.0345. The third kappa shape index (κ3) is 6.07. The van der Waals surface area contributed by atoms with E-state index in [1.807, 2.05) is 0 Å². The largest absolute Gasteiger partial charge is 0.297 e. The van der Waals surface area contributed by atoms with Crippen molar-refractivity contribution in [2.45, 2.75) is 0 Å². The number of benzene rings is 4. The van der Waals surface area contributed by atoms with E-state index in [4.69, 9.17) is 0 Å². The Labute approximate surface area is 283 Å². The van der Waals surface area contributed by atoms with Crippen LogP contribution in [0.4, 0.5) is 92.2 Å². The van der Waals surface area contributed by atoms with Crippen molar-refractivity contribution in [3.05, 3.63) is 141 Å². The average molecular weight is 808 g/mol. The maximum absolute atomic E-state index is 15.4. The molecular formula is C29H6BF21N2O. The Hall–Kier alpha value is -5.65. The minimum absolute atomic E-state index is 0.825. The molecule has 25 heteroatoms. The molecule has 0 unspecified atom stereocenters. The highest BCUT2D eigenvalue weighted by molar-refractivity contribution is 7.20. The van der Waals surface area contributed by atoms with E-state index in [0.29, 0.717) is 0 Å². The fourth-order valence-electron chi connectivity index (χ4n) is 5.32. The van der Waals surface area contributed by atoms with Crippen LogP contribution in [0.2, 0.25) is 0 Å². The molecule has 0 saturated carbocycles. The number of aromatic nitrogens is 2. The highest BCUT2D eigenvalue weighted by Crippen LogP contribution is 2.30. The van der Waals surface area contributed by atoms with Gasteiger partial charge >= 0.3 is 0 Å². The minimum Gasteiger partial charge on any atom is -0.252 e. The van der Waals surface area contributed by atoms with Crippen molar-refractivity contribution in [2.24, 2.45) is 0 Å². The molecule has 54 heavy (non-hydrogen) atoms. The van der Waals surface area contributed by atoms with Crippen LogP contribution < -0.4 is 31.4 Å². The Morgan fingerprint density at radius 2 is 0.537 bits per heavy atom. The van der Waals surface area contributed by atoms with Crippen molar-refractivity contribution in [1.29, 1.82) is 0 Å². The van der Waals surface area contributed by atoms with Crippen molar-refractivity contribution < 1.29 is 102 Å². The van der Waals surface area contributed by atoms with Gasteiger partial charge in [-0.05, 0) is 0 Å². The van der Waals surface area contributed by atoms with Gasteiger partial charge in [0.05, 0.1) is 12.4 Å². The molecule has 0 aliphatic carbocycles. The van der Waals surface area contributed by atoms with Crippen LogP contribution in [0, 0.1) is 116 Å². The molecule has 0 spiro atoms. The highest BCUT2D eigenvalue weighted by Gasteiger charge is 2.52. The maximum Gasteiger partial charge on any atom is 0.297 e. The van der Waals surface area contributed by atoms with Gasteiger partial charge in [0.1, 0.15) is 52.7 Å². The molecule has 5 rings (SSSR count). The summed E-state index contributed by atoms with van der Waals surface area (Å²) in [4.78, 5) is 8.12. The molecular weight excluding hydrogens is 802 g/mol. The van der Waals surface area contributed by atoms with Crippen LogP contribution in [0.25, 0.3) is 0 Å². The number of hydrogen-bond acceptors (Lipinski definition) is 2. The summed E-state index contributed by atoms with van der Waals surface area (Å²) in [5, 5.41) is 0. The highest BCUT2D eigenvalue weighted by atomic mass is 19.2. The molecule has 1 aromatic heterocycles. The Balaban J connectivity index is 0.000000631. The van der Waals surface area contributed by atoms with Gasteiger partial charge in [0, 0.05) is 4.73 Å². The average Bonchev–Trinajstić information content (AvgIpc) is 3.15. The van der Waals surface area contributed by atoms with Gasteiger partial charge in [0.2, 0.25) is 12.4 Å². The molecule has 0 aliphatic heterocycles. The second-order valence-corrected chi connectivity index (χ2v) is 10.1. The van der Waals surface area contributed by atoms with Crippen LogP contribution in [0.5, 0.6) is 0 Å².